The van der Waals surface area contributed by atoms with Crippen LogP contribution in [0.4, 0.5) is 5.82 Å². The Kier molecular flexibility index (Phi) is 3.67. The summed E-state index contributed by atoms with van der Waals surface area (Å²) in [5.41, 5.74) is 2.16. The molecule has 8 nitrogen and oxygen atoms in total. The first-order valence-corrected chi connectivity index (χ1v) is 8.32. The summed E-state index contributed by atoms with van der Waals surface area (Å²) in [6.45, 7) is 6.76. The van der Waals surface area contributed by atoms with E-state index in [0.29, 0.717) is 30.4 Å². The smallest absolute Gasteiger partial charge is 0.276 e. The highest BCUT2D eigenvalue weighted by molar-refractivity contribution is 5.93. The van der Waals surface area contributed by atoms with Crippen molar-refractivity contribution in [2.75, 3.05) is 18.4 Å². The summed E-state index contributed by atoms with van der Waals surface area (Å²) in [4.78, 5) is 23.0. The maximum absolute atomic E-state index is 12.6. The summed E-state index contributed by atoms with van der Waals surface area (Å²) < 4.78 is 7.13. The van der Waals surface area contributed by atoms with Gasteiger partial charge in [-0.05, 0) is 32.4 Å². The van der Waals surface area contributed by atoms with Crippen molar-refractivity contribution in [3.8, 4) is 0 Å². The van der Waals surface area contributed by atoms with Gasteiger partial charge in [-0.3, -0.25) is 4.79 Å². The summed E-state index contributed by atoms with van der Waals surface area (Å²) in [5.74, 6) is 1.79. The second kappa shape index (κ2) is 5.87. The predicted molar refractivity (Wildman–Crippen MR) is 91.6 cm³/mol. The van der Waals surface area contributed by atoms with Crippen molar-refractivity contribution < 1.29 is 9.21 Å². The molecule has 1 N–H and O–H groups in total. The van der Waals surface area contributed by atoms with Gasteiger partial charge in [-0.2, -0.15) is 0 Å². The lowest BCUT2D eigenvalue weighted by atomic mass is 10.2. The van der Waals surface area contributed by atoms with Crippen LogP contribution in [-0.4, -0.2) is 49.5 Å². The number of fused-ring (bicyclic) bond motifs is 1. The van der Waals surface area contributed by atoms with E-state index >= 15 is 0 Å². The molecular formula is C17H20N6O2. The average Bonchev–Trinajstić information content (AvgIpc) is 3.24. The van der Waals surface area contributed by atoms with Gasteiger partial charge < -0.3 is 14.6 Å². The van der Waals surface area contributed by atoms with E-state index in [-0.39, 0.29) is 11.9 Å². The van der Waals surface area contributed by atoms with Crippen LogP contribution in [0.15, 0.2) is 22.7 Å². The molecule has 25 heavy (non-hydrogen) atoms. The topological polar surface area (TPSA) is 88.6 Å². The number of aromatic nitrogens is 4. The van der Waals surface area contributed by atoms with Gasteiger partial charge in [-0.1, -0.05) is 0 Å². The second-order valence-corrected chi connectivity index (χ2v) is 6.42. The molecule has 1 aliphatic rings. The molecule has 0 saturated carbocycles. The molecular weight excluding hydrogens is 320 g/mol. The van der Waals surface area contributed by atoms with Gasteiger partial charge in [0, 0.05) is 26.1 Å². The van der Waals surface area contributed by atoms with Gasteiger partial charge in [-0.15, -0.1) is 5.10 Å². The molecule has 0 aliphatic carbocycles. The highest BCUT2D eigenvalue weighted by Crippen LogP contribution is 2.19. The first-order valence-electron chi connectivity index (χ1n) is 8.32. The third kappa shape index (κ3) is 2.95. The minimum Gasteiger partial charge on any atom is -0.445 e. The number of oxazole rings is 1. The number of carbonyl (C=O) groups is 1. The first kappa shape index (κ1) is 15.6. The van der Waals surface area contributed by atoms with E-state index in [0.717, 1.165) is 23.6 Å². The van der Waals surface area contributed by atoms with Crippen LogP contribution in [0.5, 0.6) is 0 Å². The Labute approximate surface area is 144 Å². The third-order valence-electron chi connectivity index (χ3n) is 4.37. The molecule has 0 spiro atoms. The van der Waals surface area contributed by atoms with Crippen molar-refractivity contribution in [1.29, 1.82) is 0 Å². The lowest BCUT2D eigenvalue weighted by Crippen LogP contribution is -2.32. The number of anilines is 1. The number of carbonyl (C=O) groups excluding carboxylic acids is 1. The van der Waals surface area contributed by atoms with Gasteiger partial charge in [0.05, 0.1) is 11.9 Å². The summed E-state index contributed by atoms with van der Waals surface area (Å²) in [5, 5.41) is 7.92. The molecule has 0 aromatic carbocycles. The fraction of sp³-hybridized carbons (Fsp3) is 0.412. The third-order valence-corrected chi connectivity index (χ3v) is 4.37. The zero-order chi connectivity index (χ0) is 17.6. The zero-order valence-corrected chi connectivity index (χ0v) is 14.5. The van der Waals surface area contributed by atoms with Gasteiger partial charge in [0.1, 0.15) is 11.6 Å². The molecule has 1 fully saturated rings. The van der Waals surface area contributed by atoms with Gasteiger partial charge in [0.15, 0.2) is 17.2 Å². The molecule has 3 aromatic rings. The zero-order valence-electron chi connectivity index (χ0n) is 14.5. The lowest BCUT2D eigenvalue weighted by molar-refractivity contribution is 0.0784. The van der Waals surface area contributed by atoms with E-state index in [4.69, 9.17) is 4.42 Å². The first-order chi connectivity index (χ1) is 12.0. The molecule has 8 heteroatoms. The van der Waals surface area contributed by atoms with Crippen LogP contribution >= 0.6 is 0 Å². The molecule has 4 rings (SSSR count). The maximum atomic E-state index is 12.6. The van der Waals surface area contributed by atoms with Crippen molar-refractivity contribution in [1.82, 2.24) is 24.5 Å². The molecule has 1 saturated heterocycles. The van der Waals surface area contributed by atoms with Crippen LogP contribution in [0.2, 0.25) is 0 Å². The monoisotopic (exact) mass is 340 g/mol. The Morgan fingerprint density at radius 1 is 1.28 bits per heavy atom. The van der Waals surface area contributed by atoms with Crippen molar-refractivity contribution in [2.45, 2.75) is 33.2 Å². The Morgan fingerprint density at radius 2 is 2.12 bits per heavy atom. The fourth-order valence-electron chi connectivity index (χ4n) is 3.23. The van der Waals surface area contributed by atoms with E-state index in [2.05, 4.69) is 20.4 Å². The highest BCUT2D eigenvalue weighted by atomic mass is 16.4. The van der Waals surface area contributed by atoms with E-state index in [1.54, 1.807) is 18.4 Å². The van der Waals surface area contributed by atoms with E-state index in [9.17, 15) is 4.79 Å². The number of hydrogen-bond donors (Lipinski definition) is 1. The molecule has 1 atom stereocenters. The summed E-state index contributed by atoms with van der Waals surface area (Å²) in [6.07, 6.45) is 2.75. The number of hydrogen-bond acceptors (Lipinski definition) is 6. The van der Waals surface area contributed by atoms with Crippen LogP contribution in [0.1, 0.15) is 34.3 Å². The van der Waals surface area contributed by atoms with Gasteiger partial charge >= 0.3 is 0 Å². The molecule has 3 aromatic heterocycles. The quantitative estimate of drug-likeness (QED) is 0.784. The molecule has 0 radical (unpaired) electrons. The second-order valence-electron chi connectivity index (χ2n) is 6.42. The largest absolute Gasteiger partial charge is 0.445 e. The van der Waals surface area contributed by atoms with Crippen molar-refractivity contribution in [3.63, 3.8) is 0 Å². The van der Waals surface area contributed by atoms with E-state index < -0.39 is 0 Å². The molecule has 1 amide bonds. The molecule has 1 aliphatic heterocycles. The highest BCUT2D eigenvalue weighted by Gasteiger charge is 2.30. The Balaban J connectivity index is 1.44. The van der Waals surface area contributed by atoms with Gasteiger partial charge in [0.2, 0.25) is 0 Å². The van der Waals surface area contributed by atoms with Gasteiger partial charge in [-0.25, -0.2) is 14.5 Å². The van der Waals surface area contributed by atoms with Gasteiger partial charge in [0.25, 0.3) is 5.91 Å². The fourth-order valence-corrected chi connectivity index (χ4v) is 3.23. The van der Waals surface area contributed by atoms with Crippen molar-refractivity contribution in [3.05, 3.63) is 41.4 Å². The molecule has 130 valence electrons. The predicted octanol–water partition coefficient (Wildman–Crippen LogP) is 1.97. The van der Waals surface area contributed by atoms with Crippen LogP contribution in [-0.2, 0) is 0 Å². The normalized spacial score (nSPS) is 17.4. The number of imidazole rings is 1. The Bertz CT molecular complexity index is 944. The van der Waals surface area contributed by atoms with Crippen LogP contribution in [0, 0.1) is 20.8 Å². The maximum Gasteiger partial charge on any atom is 0.276 e. The molecule has 0 unspecified atom stereocenters. The van der Waals surface area contributed by atoms with E-state index in [1.807, 2.05) is 30.2 Å². The van der Waals surface area contributed by atoms with Crippen LogP contribution < -0.4 is 5.32 Å². The SMILES string of the molecule is Cc1cn2nc(N[C@H]3CCN(C(=O)c4nc(C)oc4C)C3)ccc2n1. The Morgan fingerprint density at radius 3 is 2.88 bits per heavy atom. The standard InChI is InChI=1S/C17H20N6O2/c1-10-8-23-15(18-10)5-4-14(21-23)20-13-6-7-22(9-13)17(24)16-11(2)25-12(3)19-16/h4-5,8,13H,6-7,9H2,1-3H3,(H,20,21)/t13-/m0/s1. The Hall–Kier alpha value is -2.90. The van der Waals surface area contributed by atoms with E-state index in [1.165, 1.54) is 0 Å². The number of rotatable bonds is 3. The number of aryl methyl sites for hydroxylation is 3. The summed E-state index contributed by atoms with van der Waals surface area (Å²) in [6, 6.07) is 4.01. The molecule has 4 heterocycles. The number of nitrogens with zero attached hydrogens (tertiary/aromatic N) is 5. The summed E-state index contributed by atoms with van der Waals surface area (Å²) in [7, 11) is 0. The average molecular weight is 340 g/mol. The summed E-state index contributed by atoms with van der Waals surface area (Å²) >= 11 is 0. The van der Waals surface area contributed by atoms with Crippen molar-refractivity contribution >= 4 is 17.4 Å². The van der Waals surface area contributed by atoms with Crippen molar-refractivity contribution in [2.24, 2.45) is 0 Å². The number of amides is 1. The lowest BCUT2D eigenvalue weighted by Gasteiger charge is -2.16. The van der Waals surface area contributed by atoms with Crippen LogP contribution in [0.3, 0.4) is 0 Å². The number of likely N-dealkylation sites (tertiary alicyclic amines) is 1. The molecule has 0 bridgehead atoms. The minimum atomic E-state index is -0.0766. The van der Waals surface area contributed by atoms with Crippen LogP contribution in [0.25, 0.3) is 5.65 Å². The number of nitrogens with one attached hydrogen (secondary N) is 1. The minimum absolute atomic E-state index is 0.0766.